The van der Waals surface area contributed by atoms with Crippen LogP contribution in [0.1, 0.15) is 34.5 Å². The molecule has 2 bridgehead atoms. The fourth-order valence-corrected chi connectivity index (χ4v) is 6.83. The minimum Gasteiger partial charge on any atom is -0.392 e. The van der Waals surface area contributed by atoms with Gasteiger partial charge in [-0.3, -0.25) is 9.78 Å². The third kappa shape index (κ3) is 5.16. The number of aliphatic hydroxyl groups is 1. The molecule has 1 aromatic carbocycles. The predicted octanol–water partition coefficient (Wildman–Crippen LogP) is 3.54. The molecule has 3 aromatic heterocycles. The molecule has 2 fully saturated rings. The number of fused-ring (bicyclic) bond motifs is 3. The number of rotatable bonds is 6. The number of amides is 1. The molecule has 1 unspecified atom stereocenters. The summed E-state index contributed by atoms with van der Waals surface area (Å²) >= 11 is 0. The highest BCUT2D eigenvalue weighted by molar-refractivity contribution is 7.90. The van der Waals surface area contributed by atoms with Gasteiger partial charge in [-0.1, -0.05) is 12.1 Å². The summed E-state index contributed by atoms with van der Waals surface area (Å²) in [5.74, 6) is 1.13. The average Bonchev–Trinajstić information content (AvgIpc) is 3.14. The molecular formula is C30H31N5O4S. The number of aryl methyl sites for hydroxylation is 1. The number of aliphatic hydroxyl groups excluding tert-OH is 1. The molecule has 9 nitrogen and oxygen atoms in total. The zero-order chi connectivity index (χ0) is 28.0. The molecule has 40 heavy (non-hydrogen) atoms. The maximum Gasteiger partial charge on any atom is 0.251 e. The van der Waals surface area contributed by atoms with E-state index < -0.39 is 9.84 Å². The van der Waals surface area contributed by atoms with Gasteiger partial charge in [-0.05, 0) is 67.8 Å². The van der Waals surface area contributed by atoms with E-state index in [1.165, 1.54) is 6.07 Å². The van der Waals surface area contributed by atoms with Crippen LogP contribution in [0.15, 0.2) is 65.7 Å². The molecule has 3 atom stereocenters. The van der Waals surface area contributed by atoms with Gasteiger partial charge < -0.3 is 15.3 Å². The maximum absolute atomic E-state index is 12.8. The van der Waals surface area contributed by atoms with Crippen molar-refractivity contribution < 1.29 is 18.3 Å². The van der Waals surface area contributed by atoms with Gasteiger partial charge in [0.25, 0.3) is 5.91 Å². The second kappa shape index (κ2) is 10.3. The van der Waals surface area contributed by atoms with Crippen LogP contribution in [0.25, 0.3) is 22.3 Å². The number of anilines is 1. The van der Waals surface area contributed by atoms with E-state index in [1.807, 2.05) is 36.4 Å². The summed E-state index contributed by atoms with van der Waals surface area (Å²) in [5, 5.41) is 14.1. The third-order valence-corrected chi connectivity index (χ3v) is 9.25. The zero-order valence-electron chi connectivity index (χ0n) is 22.4. The highest BCUT2D eigenvalue weighted by atomic mass is 32.2. The minimum atomic E-state index is -3.44. The van der Waals surface area contributed by atoms with Crippen LogP contribution >= 0.6 is 0 Å². The molecule has 2 N–H and O–H groups in total. The number of aromatic nitrogens is 3. The molecule has 10 heteroatoms. The summed E-state index contributed by atoms with van der Waals surface area (Å²) in [6, 6.07) is 16.3. The van der Waals surface area contributed by atoms with E-state index in [1.54, 1.807) is 25.3 Å². The summed E-state index contributed by atoms with van der Waals surface area (Å²) in [4.78, 5) is 29.4. The van der Waals surface area contributed by atoms with Crippen LogP contribution < -0.4 is 10.2 Å². The summed E-state index contributed by atoms with van der Waals surface area (Å²) in [5.41, 5.74) is 3.74. The van der Waals surface area contributed by atoms with Crippen molar-refractivity contribution in [3.8, 4) is 11.4 Å². The number of hydrogen-bond acceptors (Lipinski definition) is 8. The van der Waals surface area contributed by atoms with E-state index in [-0.39, 0.29) is 29.0 Å². The van der Waals surface area contributed by atoms with Crippen LogP contribution in [-0.2, 0) is 16.4 Å². The number of carbonyl (C=O) groups is 1. The molecular weight excluding hydrogens is 526 g/mol. The SMILES string of the molecule is Cc1ccc(C(=O)NCc2cc3nc(-c4cccc(N5C[C@H]6CC[C@@H](C5)C6O)n4)ccc3cn2)cc1S(C)(=O)=O. The van der Waals surface area contributed by atoms with E-state index in [0.717, 1.165) is 60.3 Å². The van der Waals surface area contributed by atoms with Crippen molar-refractivity contribution >= 4 is 32.5 Å². The summed E-state index contributed by atoms with van der Waals surface area (Å²) in [6.07, 6.45) is 4.79. The van der Waals surface area contributed by atoms with Gasteiger partial charge in [-0.15, -0.1) is 0 Å². The Kier molecular flexibility index (Phi) is 6.75. The number of nitrogens with one attached hydrogen (secondary N) is 1. The van der Waals surface area contributed by atoms with Crippen molar-refractivity contribution in [1.82, 2.24) is 20.3 Å². The first-order valence-electron chi connectivity index (χ1n) is 13.4. The highest BCUT2D eigenvalue weighted by Gasteiger charge is 2.41. The third-order valence-electron chi connectivity index (χ3n) is 8.01. The molecule has 2 aliphatic rings. The van der Waals surface area contributed by atoms with E-state index in [4.69, 9.17) is 9.97 Å². The lowest BCUT2D eigenvalue weighted by atomic mass is 9.95. The molecule has 6 rings (SSSR count). The molecule has 1 aliphatic carbocycles. The number of piperidine rings is 1. The topological polar surface area (TPSA) is 125 Å². The Hall–Kier alpha value is -3.89. The Labute approximate surface area is 233 Å². The Bertz CT molecular complexity index is 1710. The number of nitrogens with zero attached hydrogens (tertiary/aromatic N) is 4. The van der Waals surface area contributed by atoms with Gasteiger partial charge in [-0.25, -0.2) is 18.4 Å². The first-order valence-corrected chi connectivity index (χ1v) is 15.3. The fourth-order valence-electron chi connectivity index (χ4n) is 5.83. The summed E-state index contributed by atoms with van der Waals surface area (Å²) in [7, 11) is -3.44. The first kappa shape index (κ1) is 26.3. The van der Waals surface area contributed by atoms with Crippen molar-refractivity contribution in [2.45, 2.75) is 37.3 Å². The molecule has 0 spiro atoms. The van der Waals surface area contributed by atoms with Crippen LogP contribution in [0, 0.1) is 18.8 Å². The standard InChI is InChI=1S/C30H31N5O4S/c1-18-6-7-19(12-27(18)40(2,38)39)30(37)32-15-23-13-26-20(14-31-23)10-11-25(33-26)24-4-3-5-28(34-24)35-16-21-8-9-22(17-35)29(21)36/h3-7,10-14,21-22,29,36H,8-9,15-17H2,1-2H3,(H,32,37)/t21-,22+,29?. The molecule has 1 saturated heterocycles. The van der Waals surface area contributed by atoms with Gasteiger partial charge in [-0.2, -0.15) is 0 Å². The Morgan fingerprint density at radius 2 is 1.77 bits per heavy atom. The lowest BCUT2D eigenvalue weighted by molar-refractivity contribution is 0.0790. The molecule has 1 saturated carbocycles. The molecule has 206 valence electrons. The number of sulfone groups is 1. The summed E-state index contributed by atoms with van der Waals surface area (Å²) in [6.45, 7) is 3.50. The van der Waals surface area contributed by atoms with Crippen molar-refractivity contribution in [3.05, 3.63) is 77.6 Å². The highest BCUT2D eigenvalue weighted by Crippen LogP contribution is 2.38. The zero-order valence-corrected chi connectivity index (χ0v) is 23.2. The average molecular weight is 558 g/mol. The van der Waals surface area contributed by atoms with E-state index in [0.29, 0.717) is 23.1 Å². The fraction of sp³-hybridized carbons (Fsp3) is 0.333. The largest absolute Gasteiger partial charge is 0.392 e. The Morgan fingerprint density at radius 1 is 1.02 bits per heavy atom. The van der Waals surface area contributed by atoms with Crippen LogP contribution in [-0.4, -0.2) is 59.8 Å². The van der Waals surface area contributed by atoms with E-state index >= 15 is 0 Å². The first-order chi connectivity index (χ1) is 19.2. The van der Waals surface area contributed by atoms with Gasteiger partial charge >= 0.3 is 0 Å². The van der Waals surface area contributed by atoms with E-state index in [9.17, 15) is 18.3 Å². The smallest absolute Gasteiger partial charge is 0.251 e. The Balaban J connectivity index is 1.19. The van der Waals surface area contributed by atoms with Crippen molar-refractivity contribution in [3.63, 3.8) is 0 Å². The van der Waals surface area contributed by atoms with Crippen molar-refractivity contribution in [1.29, 1.82) is 0 Å². The molecule has 0 radical (unpaired) electrons. The summed E-state index contributed by atoms with van der Waals surface area (Å²) < 4.78 is 24.1. The van der Waals surface area contributed by atoms with Gasteiger partial charge in [0, 0.05) is 48.3 Å². The van der Waals surface area contributed by atoms with Crippen molar-refractivity contribution in [2.24, 2.45) is 11.8 Å². The number of carbonyl (C=O) groups excluding carboxylic acids is 1. The van der Waals surface area contributed by atoms with Crippen LogP contribution in [0.4, 0.5) is 5.82 Å². The number of hydrogen-bond donors (Lipinski definition) is 2. The van der Waals surface area contributed by atoms with Gasteiger partial charge in [0.05, 0.1) is 40.1 Å². The van der Waals surface area contributed by atoms with Gasteiger partial charge in [0.1, 0.15) is 5.82 Å². The second-order valence-electron chi connectivity index (χ2n) is 10.9. The number of pyridine rings is 3. The lowest BCUT2D eigenvalue weighted by Crippen LogP contribution is -2.45. The normalized spacial score (nSPS) is 20.6. The van der Waals surface area contributed by atoms with E-state index in [2.05, 4.69) is 15.2 Å². The lowest BCUT2D eigenvalue weighted by Gasteiger charge is -2.36. The van der Waals surface area contributed by atoms with Crippen LogP contribution in [0.3, 0.4) is 0 Å². The minimum absolute atomic E-state index is 0.142. The monoisotopic (exact) mass is 557 g/mol. The Morgan fingerprint density at radius 3 is 2.52 bits per heavy atom. The molecule has 4 heterocycles. The number of benzene rings is 1. The van der Waals surface area contributed by atoms with Crippen LogP contribution in [0.5, 0.6) is 0 Å². The quantitative estimate of drug-likeness (QED) is 0.369. The van der Waals surface area contributed by atoms with Gasteiger partial charge in [0.2, 0.25) is 0 Å². The maximum atomic E-state index is 12.8. The predicted molar refractivity (Wildman–Crippen MR) is 153 cm³/mol. The van der Waals surface area contributed by atoms with Gasteiger partial charge in [0.15, 0.2) is 9.84 Å². The molecule has 4 aromatic rings. The molecule has 1 aliphatic heterocycles. The van der Waals surface area contributed by atoms with Crippen molar-refractivity contribution in [2.75, 3.05) is 24.2 Å². The molecule has 1 amide bonds. The van der Waals surface area contributed by atoms with Crippen LogP contribution in [0.2, 0.25) is 0 Å². The second-order valence-corrected chi connectivity index (χ2v) is 12.9.